The van der Waals surface area contributed by atoms with Gasteiger partial charge in [0.15, 0.2) is 17.5 Å². The van der Waals surface area contributed by atoms with Gasteiger partial charge in [-0.05, 0) is 45.0 Å². The number of benzene rings is 1. The lowest BCUT2D eigenvalue weighted by Gasteiger charge is -2.33. The van der Waals surface area contributed by atoms with Gasteiger partial charge in [-0.15, -0.1) is 24.0 Å². The number of guanidine groups is 1. The molecular formula is C21H38IN5O2. The first-order valence-electron chi connectivity index (χ1n) is 10.4. The van der Waals surface area contributed by atoms with Crippen LogP contribution in [0.3, 0.4) is 0 Å². The highest BCUT2D eigenvalue weighted by Gasteiger charge is 2.14. The molecule has 0 aromatic heterocycles. The van der Waals surface area contributed by atoms with Crippen LogP contribution in [0, 0.1) is 0 Å². The molecule has 1 aromatic rings. The number of nitrogens with one attached hydrogen (secondary N) is 2. The third kappa shape index (κ3) is 8.96. The van der Waals surface area contributed by atoms with Crippen LogP contribution >= 0.6 is 24.0 Å². The van der Waals surface area contributed by atoms with E-state index < -0.39 is 0 Å². The number of halogens is 1. The zero-order chi connectivity index (χ0) is 20.2. The molecule has 8 heteroatoms. The number of piperazine rings is 1. The van der Waals surface area contributed by atoms with Crippen molar-refractivity contribution in [1.82, 2.24) is 15.1 Å². The molecule has 0 radical (unpaired) electrons. The minimum Gasteiger partial charge on any atom is -0.493 e. The number of rotatable bonds is 10. The number of ether oxygens (including phenoxy) is 2. The van der Waals surface area contributed by atoms with Gasteiger partial charge >= 0.3 is 0 Å². The van der Waals surface area contributed by atoms with Crippen LogP contribution in [0.25, 0.3) is 0 Å². The summed E-state index contributed by atoms with van der Waals surface area (Å²) in [4.78, 5) is 9.80. The van der Waals surface area contributed by atoms with Crippen molar-refractivity contribution in [3.8, 4) is 11.5 Å². The van der Waals surface area contributed by atoms with Crippen molar-refractivity contribution in [2.75, 3.05) is 71.9 Å². The van der Waals surface area contributed by atoms with Crippen LogP contribution in [0.4, 0.5) is 5.69 Å². The maximum Gasteiger partial charge on any atom is 0.195 e. The van der Waals surface area contributed by atoms with Crippen molar-refractivity contribution in [2.45, 2.75) is 26.7 Å². The number of hydrogen-bond acceptors (Lipinski definition) is 5. The molecule has 0 spiro atoms. The van der Waals surface area contributed by atoms with Gasteiger partial charge in [0.2, 0.25) is 0 Å². The summed E-state index contributed by atoms with van der Waals surface area (Å²) >= 11 is 0. The van der Waals surface area contributed by atoms with Crippen molar-refractivity contribution < 1.29 is 9.47 Å². The summed E-state index contributed by atoms with van der Waals surface area (Å²) in [7, 11) is 3.28. The lowest BCUT2D eigenvalue weighted by atomic mass is 10.2. The molecule has 0 aliphatic carbocycles. The summed E-state index contributed by atoms with van der Waals surface area (Å²) < 4.78 is 10.7. The molecule has 166 valence electrons. The van der Waals surface area contributed by atoms with Crippen molar-refractivity contribution >= 4 is 35.6 Å². The fraction of sp³-hybridized carbons (Fsp3) is 0.667. The molecule has 1 saturated heterocycles. The number of methoxy groups -OCH3 is 2. The largest absolute Gasteiger partial charge is 0.493 e. The monoisotopic (exact) mass is 519 g/mol. The van der Waals surface area contributed by atoms with Gasteiger partial charge in [0.25, 0.3) is 0 Å². The van der Waals surface area contributed by atoms with Crippen LogP contribution in [0.1, 0.15) is 26.7 Å². The van der Waals surface area contributed by atoms with Gasteiger partial charge < -0.3 is 29.9 Å². The molecule has 2 N–H and O–H groups in total. The van der Waals surface area contributed by atoms with Crippen molar-refractivity contribution in [1.29, 1.82) is 0 Å². The summed E-state index contributed by atoms with van der Waals surface area (Å²) in [5.41, 5.74) is 0.922. The Morgan fingerprint density at radius 1 is 1.00 bits per heavy atom. The number of likely N-dealkylation sites (N-methyl/N-ethyl adjacent to an activating group) is 1. The van der Waals surface area contributed by atoms with E-state index in [-0.39, 0.29) is 24.0 Å². The number of anilines is 1. The Balaban J connectivity index is 0.00000420. The van der Waals surface area contributed by atoms with E-state index in [1.165, 1.54) is 45.7 Å². The summed E-state index contributed by atoms with van der Waals surface area (Å²) in [5.74, 6) is 2.22. The van der Waals surface area contributed by atoms with E-state index in [4.69, 9.17) is 14.5 Å². The van der Waals surface area contributed by atoms with Crippen molar-refractivity contribution in [3.63, 3.8) is 0 Å². The lowest BCUT2D eigenvalue weighted by Crippen LogP contribution is -2.46. The number of unbranched alkanes of at least 4 members (excludes halogenated alkanes) is 1. The second-order valence-electron chi connectivity index (χ2n) is 6.94. The van der Waals surface area contributed by atoms with Gasteiger partial charge in [-0.3, -0.25) is 4.99 Å². The SMILES string of the molecule is CCNC(=NCCCCN1CCN(CC)CC1)Nc1ccc(OC)c(OC)c1.I. The van der Waals surface area contributed by atoms with Gasteiger partial charge in [-0.1, -0.05) is 6.92 Å². The first kappa shape index (κ1) is 25.8. The quantitative estimate of drug-likeness (QED) is 0.215. The summed E-state index contributed by atoms with van der Waals surface area (Å²) in [6, 6.07) is 5.77. The van der Waals surface area contributed by atoms with Crippen LogP contribution in [-0.4, -0.2) is 82.3 Å². The standard InChI is InChI=1S/C21H37N5O2.HI/c1-5-22-21(24-18-9-10-19(27-3)20(17-18)28-4)23-11-7-8-12-26-15-13-25(6-2)14-16-26;/h9-10,17H,5-8,11-16H2,1-4H3,(H2,22,23,24);1H. The van der Waals surface area contributed by atoms with E-state index in [0.29, 0.717) is 5.75 Å². The van der Waals surface area contributed by atoms with Crippen molar-refractivity contribution in [2.24, 2.45) is 4.99 Å². The highest BCUT2D eigenvalue weighted by Crippen LogP contribution is 2.29. The second kappa shape index (κ2) is 14.7. The number of nitrogens with zero attached hydrogens (tertiary/aromatic N) is 3. The normalized spacial score (nSPS) is 15.5. The zero-order valence-corrected chi connectivity index (χ0v) is 20.7. The van der Waals surface area contributed by atoms with Crippen LogP contribution in [0.15, 0.2) is 23.2 Å². The molecule has 2 rings (SSSR count). The summed E-state index contributed by atoms with van der Waals surface area (Å²) in [6.07, 6.45) is 2.28. The number of aliphatic imine (C=N–C) groups is 1. The maximum atomic E-state index is 5.37. The number of hydrogen-bond donors (Lipinski definition) is 2. The average Bonchev–Trinajstić information content (AvgIpc) is 2.73. The third-order valence-corrected chi connectivity index (χ3v) is 5.05. The molecule has 1 heterocycles. The van der Waals surface area contributed by atoms with Gasteiger partial charge in [-0.25, -0.2) is 0 Å². The van der Waals surface area contributed by atoms with E-state index in [1.807, 2.05) is 18.2 Å². The fourth-order valence-electron chi connectivity index (χ4n) is 3.32. The first-order valence-corrected chi connectivity index (χ1v) is 10.4. The highest BCUT2D eigenvalue weighted by atomic mass is 127. The molecular weight excluding hydrogens is 481 g/mol. The van der Waals surface area contributed by atoms with Crippen LogP contribution in [0.5, 0.6) is 11.5 Å². The Morgan fingerprint density at radius 2 is 1.69 bits per heavy atom. The third-order valence-electron chi connectivity index (χ3n) is 5.05. The van der Waals surface area contributed by atoms with Gasteiger partial charge in [-0.2, -0.15) is 0 Å². The van der Waals surface area contributed by atoms with E-state index in [9.17, 15) is 0 Å². The Labute approximate surface area is 193 Å². The molecule has 0 saturated carbocycles. The molecule has 29 heavy (non-hydrogen) atoms. The van der Waals surface area contributed by atoms with Gasteiger partial charge in [0.05, 0.1) is 14.2 Å². The Hall–Kier alpha value is -1.26. The van der Waals surface area contributed by atoms with E-state index >= 15 is 0 Å². The maximum absolute atomic E-state index is 5.37. The van der Waals surface area contributed by atoms with Gasteiger partial charge in [0, 0.05) is 51.0 Å². The van der Waals surface area contributed by atoms with Crippen LogP contribution in [-0.2, 0) is 0 Å². The lowest BCUT2D eigenvalue weighted by molar-refractivity contribution is 0.136. The average molecular weight is 519 g/mol. The Kier molecular flexibility index (Phi) is 13.0. The summed E-state index contributed by atoms with van der Waals surface area (Å²) in [6.45, 7) is 13.1. The van der Waals surface area contributed by atoms with Crippen molar-refractivity contribution in [3.05, 3.63) is 18.2 Å². The Bertz CT molecular complexity index is 607. The molecule has 0 atom stereocenters. The molecule has 1 fully saturated rings. The summed E-state index contributed by atoms with van der Waals surface area (Å²) in [5, 5.41) is 6.64. The molecule has 0 unspecified atom stereocenters. The molecule has 1 aliphatic rings. The second-order valence-corrected chi connectivity index (χ2v) is 6.94. The van der Waals surface area contributed by atoms with Crippen LogP contribution < -0.4 is 20.1 Å². The molecule has 0 bridgehead atoms. The molecule has 7 nitrogen and oxygen atoms in total. The fourth-order valence-corrected chi connectivity index (χ4v) is 3.32. The van der Waals surface area contributed by atoms with Crippen LogP contribution in [0.2, 0.25) is 0 Å². The molecule has 1 aromatic carbocycles. The predicted molar refractivity (Wildman–Crippen MR) is 132 cm³/mol. The minimum atomic E-state index is 0. The molecule has 0 amide bonds. The van der Waals surface area contributed by atoms with E-state index in [2.05, 4.69) is 34.3 Å². The Morgan fingerprint density at radius 3 is 2.31 bits per heavy atom. The molecule has 1 aliphatic heterocycles. The first-order chi connectivity index (χ1) is 13.7. The smallest absolute Gasteiger partial charge is 0.195 e. The topological polar surface area (TPSA) is 61.4 Å². The minimum absolute atomic E-state index is 0. The van der Waals surface area contributed by atoms with E-state index in [1.54, 1.807) is 14.2 Å². The highest BCUT2D eigenvalue weighted by molar-refractivity contribution is 14.0. The van der Waals surface area contributed by atoms with E-state index in [0.717, 1.165) is 36.9 Å². The predicted octanol–water partition coefficient (Wildman–Crippen LogP) is 3.12. The zero-order valence-electron chi connectivity index (χ0n) is 18.4. The van der Waals surface area contributed by atoms with Gasteiger partial charge in [0.1, 0.15) is 0 Å².